The number of hydrogen-bond donors (Lipinski definition) is 2. The van der Waals surface area contributed by atoms with Crippen LogP contribution in [-0.4, -0.2) is 30.6 Å². The number of nitrogens with zero attached hydrogens (tertiary/aromatic N) is 1. The summed E-state index contributed by atoms with van der Waals surface area (Å²) in [5.74, 6) is 0.846. The predicted octanol–water partition coefficient (Wildman–Crippen LogP) is 0.767. The van der Waals surface area contributed by atoms with Gasteiger partial charge in [0.05, 0.1) is 19.3 Å². The first kappa shape index (κ1) is 12.8. The Morgan fingerprint density at radius 3 is 2.94 bits per heavy atom. The SMILES string of the molecule is COc1cc(C)nc(CNCC(=O)NC2CC2)c1. The van der Waals surface area contributed by atoms with Gasteiger partial charge in [-0.25, -0.2) is 0 Å². The van der Waals surface area contributed by atoms with Crippen LogP contribution in [0, 0.1) is 6.92 Å². The second kappa shape index (κ2) is 5.82. The summed E-state index contributed by atoms with van der Waals surface area (Å²) in [6, 6.07) is 4.17. The first-order chi connectivity index (χ1) is 8.67. The van der Waals surface area contributed by atoms with Gasteiger partial charge in [-0.15, -0.1) is 0 Å². The van der Waals surface area contributed by atoms with Crippen molar-refractivity contribution in [1.82, 2.24) is 15.6 Å². The van der Waals surface area contributed by atoms with Crippen molar-refractivity contribution in [2.24, 2.45) is 0 Å². The molecule has 2 N–H and O–H groups in total. The molecular formula is C13H19N3O2. The largest absolute Gasteiger partial charge is 0.497 e. The number of aryl methyl sites for hydroxylation is 1. The van der Waals surface area contributed by atoms with E-state index in [1.165, 1.54) is 0 Å². The van der Waals surface area contributed by atoms with Gasteiger partial charge in [0.1, 0.15) is 5.75 Å². The van der Waals surface area contributed by atoms with Crippen LogP contribution in [0.5, 0.6) is 5.75 Å². The van der Waals surface area contributed by atoms with Crippen LogP contribution in [0.4, 0.5) is 0 Å². The van der Waals surface area contributed by atoms with Crippen molar-refractivity contribution < 1.29 is 9.53 Å². The van der Waals surface area contributed by atoms with Gasteiger partial charge in [-0.2, -0.15) is 0 Å². The van der Waals surface area contributed by atoms with Crippen molar-refractivity contribution in [1.29, 1.82) is 0 Å². The topological polar surface area (TPSA) is 63.2 Å². The van der Waals surface area contributed by atoms with Crippen LogP contribution in [0.1, 0.15) is 24.2 Å². The third-order valence-electron chi connectivity index (χ3n) is 2.75. The third-order valence-corrected chi connectivity index (χ3v) is 2.75. The molecule has 98 valence electrons. The molecule has 1 aromatic heterocycles. The van der Waals surface area contributed by atoms with Gasteiger partial charge >= 0.3 is 0 Å². The van der Waals surface area contributed by atoms with Crippen LogP contribution in [0.3, 0.4) is 0 Å². The Kier molecular flexibility index (Phi) is 4.15. The molecule has 0 radical (unpaired) electrons. The highest BCUT2D eigenvalue weighted by atomic mass is 16.5. The molecule has 1 saturated carbocycles. The molecule has 0 bridgehead atoms. The van der Waals surface area contributed by atoms with Gasteiger partial charge < -0.3 is 15.4 Å². The van der Waals surface area contributed by atoms with Crippen LogP contribution in [0.2, 0.25) is 0 Å². The molecule has 1 amide bonds. The summed E-state index contributed by atoms with van der Waals surface area (Å²) in [7, 11) is 1.63. The number of nitrogens with one attached hydrogen (secondary N) is 2. The first-order valence-corrected chi connectivity index (χ1v) is 6.19. The molecule has 0 atom stereocenters. The highest BCUT2D eigenvalue weighted by Crippen LogP contribution is 2.18. The van der Waals surface area contributed by atoms with Gasteiger partial charge in [0.15, 0.2) is 0 Å². The van der Waals surface area contributed by atoms with Gasteiger partial charge in [0.25, 0.3) is 0 Å². The summed E-state index contributed by atoms with van der Waals surface area (Å²) < 4.78 is 5.18. The number of carbonyl (C=O) groups excluding carboxylic acids is 1. The fourth-order valence-corrected chi connectivity index (χ4v) is 1.72. The minimum atomic E-state index is 0.0529. The summed E-state index contributed by atoms with van der Waals surface area (Å²) in [6.45, 7) is 2.82. The van der Waals surface area contributed by atoms with Crippen LogP contribution in [-0.2, 0) is 11.3 Å². The zero-order valence-corrected chi connectivity index (χ0v) is 10.8. The van der Waals surface area contributed by atoms with E-state index in [-0.39, 0.29) is 5.91 Å². The second-order valence-corrected chi connectivity index (χ2v) is 4.59. The molecule has 1 aliphatic carbocycles. The maximum absolute atomic E-state index is 11.5. The fraction of sp³-hybridized carbons (Fsp3) is 0.538. The summed E-state index contributed by atoms with van der Waals surface area (Å²) in [5, 5.41) is 6.01. The van der Waals surface area contributed by atoms with Crippen molar-refractivity contribution >= 4 is 5.91 Å². The molecule has 2 rings (SSSR count). The zero-order valence-electron chi connectivity index (χ0n) is 10.8. The molecule has 1 aromatic rings. The van der Waals surface area contributed by atoms with Gasteiger partial charge in [0, 0.05) is 30.4 Å². The van der Waals surface area contributed by atoms with E-state index < -0.39 is 0 Å². The van der Waals surface area contributed by atoms with E-state index in [2.05, 4.69) is 15.6 Å². The monoisotopic (exact) mass is 249 g/mol. The molecule has 18 heavy (non-hydrogen) atoms. The normalized spacial score (nSPS) is 14.3. The number of amides is 1. The van der Waals surface area contributed by atoms with Crippen LogP contribution >= 0.6 is 0 Å². The number of aromatic nitrogens is 1. The van der Waals surface area contributed by atoms with Crippen molar-refractivity contribution in [2.75, 3.05) is 13.7 Å². The second-order valence-electron chi connectivity index (χ2n) is 4.59. The lowest BCUT2D eigenvalue weighted by atomic mass is 10.3. The van der Waals surface area contributed by atoms with Gasteiger partial charge in [0.2, 0.25) is 5.91 Å². The number of pyridine rings is 1. The summed E-state index contributed by atoms with van der Waals surface area (Å²) in [5.41, 5.74) is 1.79. The average molecular weight is 249 g/mol. The van der Waals surface area contributed by atoms with E-state index in [4.69, 9.17) is 4.74 Å². The Morgan fingerprint density at radius 1 is 1.50 bits per heavy atom. The maximum atomic E-state index is 11.5. The Hall–Kier alpha value is -1.62. The zero-order chi connectivity index (χ0) is 13.0. The molecule has 0 unspecified atom stereocenters. The number of rotatable bonds is 6. The molecule has 5 nitrogen and oxygen atoms in total. The molecule has 5 heteroatoms. The molecule has 0 saturated heterocycles. The standard InChI is InChI=1S/C13H19N3O2/c1-9-5-12(18-2)6-11(15-9)7-14-8-13(17)16-10-3-4-10/h5-6,10,14H,3-4,7-8H2,1-2H3,(H,16,17). The number of ether oxygens (including phenoxy) is 1. The Balaban J connectivity index is 1.78. The van der Waals surface area contributed by atoms with Crippen LogP contribution < -0.4 is 15.4 Å². The Bertz CT molecular complexity index is 430. The van der Waals surface area contributed by atoms with Crippen molar-refractivity contribution in [2.45, 2.75) is 32.4 Å². The smallest absolute Gasteiger partial charge is 0.234 e. The van der Waals surface area contributed by atoms with E-state index in [1.54, 1.807) is 7.11 Å². The summed E-state index contributed by atoms with van der Waals surface area (Å²) >= 11 is 0. The van der Waals surface area contributed by atoms with Crippen molar-refractivity contribution in [3.63, 3.8) is 0 Å². The minimum absolute atomic E-state index is 0.0529. The summed E-state index contributed by atoms with van der Waals surface area (Å²) in [4.78, 5) is 15.8. The predicted molar refractivity (Wildman–Crippen MR) is 68.4 cm³/mol. The quantitative estimate of drug-likeness (QED) is 0.781. The van der Waals surface area contributed by atoms with Crippen molar-refractivity contribution in [3.05, 3.63) is 23.5 Å². The fourth-order valence-electron chi connectivity index (χ4n) is 1.72. The Labute approximate surface area is 107 Å². The molecular weight excluding hydrogens is 230 g/mol. The van der Waals surface area contributed by atoms with E-state index >= 15 is 0 Å². The Morgan fingerprint density at radius 2 is 2.28 bits per heavy atom. The van der Waals surface area contributed by atoms with Crippen LogP contribution in [0.15, 0.2) is 12.1 Å². The number of methoxy groups -OCH3 is 1. The van der Waals surface area contributed by atoms with Crippen molar-refractivity contribution in [3.8, 4) is 5.75 Å². The molecule has 1 heterocycles. The lowest BCUT2D eigenvalue weighted by molar-refractivity contribution is -0.120. The third kappa shape index (κ3) is 4.00. The lowest BCUT2D eigenvalue weighted by Crippen LogP contribution is -2.34. The lowest BCUT2D eigenvalue weighted by Gasteiger charge is -2.07. The van der Waals surface area contributed by atoms with Gasteiger partial charge in [-0.1, -0.05) is 0 Å². The van der Waals surface area contributed by atoms with E-state index in [0.29, 0.717) is 19.1 Å². The maximum Gasteiger partial charge on any atom is 0.234 e. The molecule has 0 spiro atoms. The minimum Gasteiger partial charge on any atom is -0.497 e. The van der Waals surface area contributed by atoms with E-state index in [0.717, 1.165) is 30.0 Å². The molecule has 0 aliphatic heterocycles. The number of carbonyl (C=O) groups is 1. The van der Waals surface area contributed by atoms with Gasteiger partial charge in [-0.3, -0.25) is 9.78 Å². The molecule has 1 fully saturated rings. The van der Waals surface area contributed by atoms with Crippen LogP contribution in [0.25, 0.3) is 0 Å². The number of hydrogen-bond acceptors (Lipinski definition) is 4. The van der Waals surface area contributed by atoms with Gasteiger partial charge in [-0.05, 0) is 19.8 Å². The van der Waals surface area contributed by atoms with E-state index in [9.17, 15) is 4.79 Å². The highest BCUT2D eigenvalue weighted by Gasteiger charge is 2.22. The highest BCUT2D eigenvalue weighted by molar-refractivity contribution is 5.78. The van der Waals surface area contributed by atoms with E-state index in [1.807, 2.05) is 19.1 Å². The molecule has 1 aliphatic rings. The average Bonchev–Trinajstić information content (AvgIpc) is 3.12. The summed E-state index contributed by atoms with van der Waals surface area (Å²) in [6.07, 6.45) is 2.23. The first-order valence-electron chi connectivity index (χ1n) is 6.19. The molecule has 0 aromatic carbocycles.